The fourth-order valence-electron chi connectivity index (χ4n) is 1.98. The van der Waals surface area contributed by atoms with E-state index in [0.29, 0.717) is 17.7 Å². The summed E-state index contributed by atoms with van der Waals surface area (Å²) in [5.74, 6) is 0.794. The van der Waals surface area contributed by atoms with Crippen molar-refractivity contribution >= 4 is 49.0 Å². The van der Waals surface area contributed by atoms with Crippen LogP contribution < -0.4 is 4.74 Å². The van der Waals surface area contributed by atoms with Crippen LogP contribution in [0, 0.1) is 0 Å². The Morgan fingerprint density at radius 1 is 1.28 bits per heavy atom. The minimum absolute atomic E-state index is 0.128. The van der Waals surface area contributed by atoms with E-state index in [1.165, 1.54) is 0 Å². The second-order valence-electron chi connectivity index (χ2n) is 4.01. The highest BCUT2D eigenvalue weighted by Gasteiger charge is 2.29. The first-order valence-electron chi connectivity index (χ1n) is 5.37. The quantitative estimate of drug-likeness (QED) is 0.689. The first-order valence-corrected chi connectivity index (χ1v) is 7.84. The summed E-state index contributed by atoms with van der Waals surface area (Å²) in [6.45, 7) is 0. The van der Waals surface area contributed by atoms with Gasteiger partial charge in [0.1, 0.15) is 11.9 Å². The molecule has 1 aromatic heterocycles. The highest BCUT2D eigenvalue weighted by atomic mass is 79.9. The normalized spacial score (nSPS) is 18.3. The van der Waals surface area contributed by atoms with Crippen molar-refractivity contribution in [1.29, 1.82) is 0 Å². The van der Waals surface area contributed by atoms with Crippen LogP contribution >= 0.6 is 43.2 Å². The standard InChI is InChI=1S/C13H8Br2O2S/c14-7-1-2-11-8(5-7)10(16)6-12(17-11)13-9(15)3-4-18-13/h1-5,12H,6H2. The van der Waals surface area contributed by atoms with Crippen LogP contribution in [0.5, 0.6) is 5.75 Å². The lowest BCUT2D eigenvalue weighted by Crippen LogP contribution is -2.19. The Hall–Kier alpha value is -0.650. The van der Waals surface area contributed by atoms with Crippen molar-refractivity contribution < 1.29 is 9.53 Å². The second-order valence-corrected chi connectivity index (χ2v) is 6.72. The number of benzene rings is 1. The molecule has 1 aromatic carbocycles. The summed E-state index contributed by atoms with van der Waals surface area (Å²) < 4.78 is 7.82. The monoisotopic (exact) mass is 386 g/mol. The van der Waals surface area contributed by atoms with E-state index in [4.69, 9.17) is 4.74 Å². The summed E-state index contributed by atoms with van der Waals surface area (Å²) in [5.41, 5.74) is 0.660. The maximum absolute atomic E-state index is 12.1. The van der Waals surface area contributed by atoms with Gasteiger partial charge in [0, 0.05) is 8.95 Å². The summed E-state index contributed by atoms with van der Waals surface area (Å²) in [6.07, 6.45) is 0.211. The molecule has 0 fully saturated rings. The predicted octanol–water partition coefficient (Wildman–Crippen LogP) is 4.98. The fourth-order valence-corrected chi connectivity index (χ4v) is 4.00. The van der Waals surface area contributed by atoms with E-state index in [-0.39, 0.29) is 11.9 Å². The molecule has 0 aliphatic carbocycles. The van der Waals surface area contributed by atoms with Gasteiger partial charge in [0.05, 0.1) is 16.9 Å². The lowest BCUT2D eigenvalue weighted by atomic mass is 10.00. The average Bonchev–Trinajstić information content (AvgIpc) is 2.76. The zero-order chi connectivity index (χ0) is 12.7. The average molecular weight is 388 g/mol. The summed E-state index contributed by atoms with van der Waals surface area (Å²) in [4.78, 5) is 13.2. The van der Waals surface area contributed by atoms with Gasteiger partial charge in [0.15, 0.2) is 5.78 Å². The van der Waals surface area contributed by atoms with Crippen LogP contribution in [0.1, 0.15) is 27.8 Å². The lowest BCUT2D eigenvalue weighted by Gasteiger charge is -2.24. The van der Waals surface area contributed by atoms with Gasteiger partial charge in [-0.05, 0) is 45.6 Å². The molecule has 1 aliphatic heterocycles. The molecule has 1 atom stereocenters. The molecule has 0 radical (unpaired) electrons. The molecule has 0 bridgehead atoms. The van der Waals surface area contributed by atoms with Crippen LogP contribution in [0.2, 0.25) is 0 Å². The van der Waals surface area contributed by atoms with Crippen molar-refractivity contribution in [2.45, 2.75) is 12.5 Å². The predicted molar refractivity (Wildman–Crippen MR) is 78.5 cm³/mol. The number of hydrogen-bond acceptors (Lipinski definition) is 3. The van der Waals surface area contributed by atoms with Gasteiger partial charge in [0.2, 0.25) is 0 Å². The Balaban J connectivity index is 2.00. The number of ketones is 1. The maximum Gasteiger partial charge on any atom is 0.170 e. The SMILES string of the molecule is O=C1CC(c2sccc2Br)Oc2ccc(Br)cc21. The molecule has 92 valence electrons. The Bertz CT molecular complexity index is 621. The van der Waals surface area contributed by atoms with Gasteiger partial charge in [-0.25, -0.2) is 0 Å². The topological polar surface area (TPSA) is 26.3 Å². The van der Waals surface area contributed by atoms with E-state index in [1.54, 1.807) is 11.3 Å². The van der Waals surface area contributed by atoms with E-state index in [1.807, 2.05) is 29.6 Å². The fraction of sp³-hybridized carbons (Fsp3) is 0.154. The zero-order valence-corrected chi connectivity index (χ0v) is 13.1. The number of hydrogen-bond donors (Lipinski definition) is 0. The van der Waals surface area contributed by atoms with Crippen molar-refractivity contribution in [1.82, 2.24) is 0 Å². The van der Waals surface area contributed by atoms with E-state index in [2.05, 4.69) is 31.9 Å². The van der Waals surface area contributed by atoms with Crippen LogP contribution in [0.25, 0.3) is 0 Å². The number of fused-ring (bicyclic) bond motifs is 1. The smallest absolute Gasteiger partial charge is 0.170 e. The largest absolute Gasteiger partial charge is 0.484 e. The second kappa shape index (κ2) is 4.79. The Morgan fingerprint density at radius 2 is 2.11 bits per heavy atom. The van der Waals surface area contributed by atoms with E-state index in [9.17, 15) is 4.79 Å². The van der Waals surface area contributed by atoms with Gasteiger partial charge in [-0.1, -0.05) is 15.9 Å². The van der Waals surface area contributed by atoms with Gasteiger partial charge >= 0.3 is 0 Å². The molecule has 0 saturated carbocycles. The van der Waals surface area contributed by atoms with E-state index in [0.717, 1.165) is 13.8 Å². The van der Waals surface area contributed by atoms with Crippen LogP contribution in [0.15, 0.2) is 38.6 Å². The molecular formula is C13H8Br2O2S. The molecule has 0 saturated heterocycles. The third kappa shape index (κ3) is 2.15. The zero-order valence-electron chi connectivity index (χ0n) is 9.15. The van der Waals surface area contributed by atoms with Crippen LogP contribution in [-0.2, 0) is 0 Å². The van der Waals surface area contributed by atoms with Crippen molar-refractivity contribution in [3.05, 3.63) is 49.0 Å². The summed E-state index contributed by atoms with van der Waals surface area (Å²) in [6, 6.07) is 7.52. The number of carbonyl (C=O) groups is 1. The highest BCUT2D eigenvalue weighted by Crippen LogP contribution is 2.40. The molecule has 1 unspecified atom stereocenters. The molecule has 2 heterocycles. The summed E-state index contributed by atoms with van der Waals surface area (Å²) >= 11 is 8.46. The number of Topliss-reactive ketones (excluding diaryl/α,β-unsaturated/α-hetero) is 1. The molecule has 0 spiro atoms. The number of halogens is 2. The minimum Gasteiger partial charge on any atom is -0.484 e. The van der Waals surface area contributed by atoms with Gasteiger partial charge in [-0.15, -0.1) is 11.3 Å². The molecule has 5 heteroatoms. The van der Waals surface area contributed by atoms with Gasteiger partial charge < -0.3 is 4.74 Å². The highest BCUT2D eigenvalue weighted by molar-refractivity contribution is 9.10. The third-order valence-corrected chi connectivity index (χ3v) is 5.28. The van der Waals surface area contributed by atoms with Gasteiger partial charge in [-0.2, -0.15) is 0 Å². The number of ether oxygens (including phenoxy) is 1. The molecule has 2 aromatic rings. The lowest BCUT2D eigenvalue weighted by molar-refractivity contribution is 0.0853. The first kappa shape index (κ1) is 12.4. The van der Waals surface area contributed by atoms with Crippen LogP contribution in [-0.4, -0.2) is 5.78 Å². The number of thiophene rings is 1. The molecule has 0 amide bonds. The molecule has 2 nitrogen and oxygen atoms in total. The minimum atomic E-state index is -0.180. The van der Waals surface area contributed by atoms with Crippen molar-refractivity contribution in [2.75, 3.05) is 0 Å². The Labute approximate surface area is 125 Å². The molecule has 1 aliphatic rings. The number of carbonyl (C=O) groups excluding carboxylic acids is 1. The molecule has 0 N–H and O–H groups in total. The van der Waals surface area contributed by atoms with E-state index < -0.39 is 0 Å². The molecule has 3 rings (SSSR count). The summed E-state index contributed by atoms with van der Waals surface area (Å²) in [7, 11) is 0. The Morgan fingerprint density at radius 3 is 2.83 bits per heavy atom. The van der Waals surface area contributed by atoms with Crippen molar-refractivity contribution in [3.8, 4) is 5.75 Å². The summed E-state index contributed by atoms with van der Waals surface area (Å²) in [5, 5.41) is 1.99. The number of rotatable bonds is 1. The Kier molecular flexibility index (Phi) is 3.30. The van der Waals surface area contributed by atoms with Gasteiger partial charge in [-0.3, -0.25) is 4.79 Å². The molecular weight excluding hydrogens is 380 g/mol. The van der Waals surface area contributed by atoms with Gasteiger partial charge in [0.25, 0.3) is 0 Å². The van der Waals surface area contributed by atoms with Crippen molar-refractivity contribution in [3.63, 3.8) is 0 Å². The molecule has 18 heavy (non-hydrogen) atoms. The first-order chi connectivity index (χ1) is 8.65. The van der Waals surface area contributed by atoms with E-state index >= 15 is 0 Å². The van der Waals surface area contributed by atoms with Crippen LogP contribution in [0.3, 0.4) is 0 Å². The van der Waals surface area contributed by atoms with Crippen molar-refractivity contribution in [2.24, 2.45) is 0 Å². The van der Waals surface area contributed by atoms with Crippen LogP contribution in [0.4, 0.5) is 0 Å². The third-order valence-electron chi connectivity index (χ3n) is 2.82. The maximum atomic E-state index is 12.1.